The fraction of sp³-hybridized carbons (Fsp3) is 0.867. The summed E-state index contributed by atoms with van der Waals surface area (Å²) in [6.45, 7) is 0. The highest BCUT2D eigenvalue weighted by Crippen LogP contribution is 2.25. The Morgan fingerprint density at radius 3 is 2.20 bits per heavy atom. The van der Waals surface area contributed by atoms with E-state index in [-0.39, 0.29) is 11.8 Å². The SMILES string of the molecule is CN=C(NC1CCC1)NC1CCCC(C(=O)N(C)C)C1. The van der Waals surface area contributed by atoms with E-state index in [4.69, 9.17) is 0 Å². The molecule has 2 aliphatic carbocycles. The number of hydrogen-bond acceptors (Lipinski definition) is 2. The Kier molecular flexibility index (Phi) is 5.26. The summed E-state index contributed by atoms with van der Waals surface area (Å²) in [5.41, 5.74) is 0. The molecule has 2 rings (SSSR count). The maximum Gasteiger partial charge on any atom is 0.225 e. The molecule has 0 heterocycles. The van der Waals surface area contributed by atoms with Gasteiger partial charge in [0.2, 0.25) is 5.91 Å². The number of guanidine groups is 1. The first-order chi connectivity index (χ1) is 9.60. The number of carbonyl (C=O) groups excluding carboxylic acids is 1. The van der Waals surface area contributed by atoms with Crippen LogP contribution >= 0.6 is 0 Å². The van der Waals surface area contributed by atoms with Crippen LogP contribution in [-0.4, -0.2) is 50.0 Å². The quantitative estimate of drug-likeness (QED) is 0.606. The third-order valence-electron chi connectivity index (χ3n) is 4.47. The fourth-order valence-corrected chi connectivity index (χ4v) is 3.02. The Bertz CT molecular complexity index is 363. The third-order valence-corrected chi connectivity index (χ3v) is 4.47. The molecule has 2 unspecified atom stereocenters. The largest absolute Gasteiger partial charge is 0.354 e. The van der Waals surface area contributed by atoms with Crippen LogP contribution in [0.1, 0.15) is 44.9 Å². The molecule has 2 aliphatic rings. The predicted molar refractivity (Wildman–Crippen MR) is 81.7 cm³/mol. The zero-order valence-corrected chi connectivity index (χ0v) is 13.0. The molecule has 0 aliphatic heterocycles. The van der Waals surface area contributed by atoms with Crippen molar-refractivity contribution in [1.82, 2.24) is 15.5 Å². The lowest BCUT2D eigenvalue weighted by Crippen LogP contribution is -2.51. The van der Waals surface area contributed by atoms with Crippen LogP contribution in [0.25, 0.3) is 0 Å². The molecule has 5 heteroatoms. The van der Waals surface area contributed by atoms with Crippen molar-refractivity contribution in [1.29, 1.82) is 0 Å². The molecule has 0 spiro atoms. The number of hydrogen-bond donors (Lipinski definition) is 2. The monoisotopic (exact) mass is 280 g/mol. The van der Waals surface area contributed by atoms with Gasteiger partial charge >= 0.3 is 0 Å². The highest BCUT2D eigenvalue weighted by molar-refractivity contribution is 5.81. The van der Waals surface area contributed by atoms with Crippen molar-refractivity contribution in [2.75, 3.05) is 21.1 Å². The predicted octanol–water partition coefficient (Wildman–Crippen LogP) is 1.35. The number of nitrogens with zero attached hydrogens (tertiary/aromatic N) is 2. The first-order valence-electron chi connectivity index (χ1n) is 7.81. The minimum Gasteiger partial charge on any atom is -0.354 e. The molecule has 2 saturated carbocycles. The molecule has 2 fully saturated rings. The van der Waals surface area contributed by atoms with E-state index in [0.717, 1.165) is 31.6 Å². The summed E-state index contributed by atoms with van der Waals surface area (Å²) in [6.07, 6.45) is 7.98. The van der Waals surface area contributed by atoms with E-state index in [1.165, 1.54) is 19.3 Å². The van der Waals surface area contributed by atoms with Crippen molar-refractivity contribution < 1.29 is 4.79 Å². The van der Waals surface area contributed by atoms with Crippen LogP contribution in [0.5, 0.6) is 0 Å². The van der Waals surface area contributed by atoms with Crippen LogP contribution in [-0.2, 0) is 4.79 Å². The van der Waals surface area contributed by atoms with Gasteiger partial charge in [-0.05, 0) is 38.5 Å². The van der Waals surface area contributed by atoms with Gasteiger partial charge in [-0.25, -0.2) is 0 Å². The molecule has 5 nitrogen and oxygen atoms in total. The van der Waals surface area contributed by atoms with Crippen molar-refractivity contribution in [3.63, 3.8) is 0 Å². The smallest absolute Gasteiger partial charge is 0.225 e. The Morgan fingerprint density at radius 1 is 1.05 bits per heavy atom. The zero-order chi connectivity index (χ0) is 14.5. The van der Waals surface area contributed by atoms with E-state index in [0.29, 0.717) is 12.1 Å². The molecule has 0 aromatic heterocycles. The molecule has 2 atom stereocenters. The standard InChI is InChI=1S/C15H28N4O/c1-16-15(17-12-7-5-8-12)18-13-9-4-6-11(10-13)14(20)19(2)3/h11-13H,4-10H2,1-3H3,(H2,16,17,18). The fourth-order valence-electron chi connectivity index (χ4n) is 3.02. The highest BCUT2D eigenvalue weighted by atomic mass is 16.2. The van der Waals surface area contributed by atoms with Crippen LogP contribution in [0.2, 0.25) is 0 Å². The Hall–Kier alpha value is -1.26. The van der Waals surface area contributed by atoms with Crippen molar-refractivity contribution >= 4 is 11.9 Å². The van der Waals surface area contributed by atoms with Crippen molar-refractivity contribution in [2.24, 2.45) is 10.9 Å². The number of aliphatic imine (C=N–C) groups is 1. The first-order valence-corrected chi connectivity index (χ1v) is 7.81. The summed E-state index contributed by atoms with van der Waals surface area (Å²) in [4.78, 5) is 18.1. The van der Waals surface area contributed by atoms with E-state index in [1.54, 1.807) is 4.90 Å². The van der Waals surface area contributed by atoms with Crippen molar-refractivity contribution in [3.05, 3.63) is 0 Å². The lowest BCUT2D eigenvalue weighted by molar-refractivity contribution is -0.134. The number of amides is 1. The molecule has 0 saturated heterocycles. The van der Waals surface area contributed by atoms with E-state index >= 15 is 0 Å². The summed E-state index contributed by atoms with van der Waals surface area (Å²) in [7, 11) is 5.51. The number of carbonyl (C=O) groups is 1. The molecule has 0 aromatic carbocycles. The average molecular weight is 280 g/mol. The summed E-state index contributed by atoms with van der Waals surface area (Å²) in [5, 5.41) is 6.96. The lowest BCUT2D eigenvalue weighted by Gasteiger charge is -2.33. The minimum atomic E-state index is 0.165. The molecule has 2 N–H and O–H groups in total. The van der Waals surface area contributed by atoms with Crippen molar-refractivity contribution in [2.45, 2.75) is 57.0 Å². The van der Waals surface area contributed by atoms with Crippen molar-refractivity contribution in [3.8, 4) is 0 Å². The van der Waals surface area contributed by atoms with E-state index in [1.807, 2.05) is 21.1 Å². The molecule has 114 valence electrons. The molecule has 0 radical (unpaired) electrons. The maximum absolute atomic E-state index is 12.1. The zero-order valence-electron chi connectivity index (χ0n) is 13.0. The normalized spacial score (nSPS) is 27.6. The first kappa shape index (κ1) is 15.1. The van der Waals surface area contributed by atoms with Gasteiger partial charge in [-0.2, -0.15) is 0 Å². The van der Waals surface area contributed by atoms with E-state index < -0.39 is 0 Å². The van der Waals surface area contributed by atoms with Crippen LogP contribution in [0.3, 0.4) is 0 Å². The third kappa shape index (κ3) is 3.87. The highest BCUT2D eigenvalue weighted by Gasteiger charge is 2.29. The number of rotatable bonds is 3. The molecular weight excluding hydrogens is 252 g/mol. The summed E-state index contributed by atoms with van der Waals surface area (Å²) in [5.74, 6) is 1.33. The summed E-state index contributed by atoms with van der Waals surface area (Å²) < 4.78 is 0. The summed E-state index contributed by atoms with van der Waals surface area (Å²) >= 11 is 0. The van der Waals surface area contributed by atoms with Gasteiger partial charge in [-0.1, -0.05) is 6.42 Å². The topological polar surface area (TPSA) is 56.7 Å². The number of nitrogens with one attached hydrogen (secondary N) is 2. The molecule has 0 bridgehead atoms. The average Bonchev–Trinajstić information content (AvgIpc) is 2.40. The van der Waals surface area contributed by atoms with E-state index in [9.17, 15) is 4.79 Å². The molecule has 0 aromatic rings. The Balaban J connectivity index is 1.83. The van der Waals surface area contributed by atoms with Gasteiger partial charge in [0, 0.05) is 39.1 Å². The molecular formula is C15H28N4O. The minimum absolute atomic E-state index is 0.165. The van der Waals surface area contributed by atoms with Gasteiger partial charge in [0.15, 0.2) is 5.96 Å². The Labute approximate surface area is 122 Å². The van der Waals surface area contributed by atoms with E-state index in [2.05, 4.69) is 15.6 Å². The second-order valence-corrected chi connectivity index (χ2v) is 6.28. The van der Waals surface area contributed by atoms with Crippen LogP contribution < -0.4 is 10.6 Å². The second kappa shape index (κ2) is 6.95. The maximum atomic E-state index is 12.1. The summed E-state index contributed by atoms with van der Waals surface area (Å²) in [6, 6.07) is 0.952. The van der Waals surface area contributed by atoms with Gasteiger partial charge in [0.05, 0.1) is 0 Å². The van der Waals surface area contributed by atoms with Crippen LogP contribution in [0, 0.1) is 5.92 Å². The van der Waals surface area contributed by atoms with Gasteiger partial charge in [0.25, 0.3) is 0 Å². The van der Waals surface area contributed by atoms with Crippen LogP contribution in [0.15, 0.2) is 4.99 Å². The molecule has 20 heavy (non-hydrogen) atoms. The van der Waals surface area contributed by atoms with Gasteiger partial charge < -0.3 is 15.5 Å². The second-order valence-electron chi connectivity index (χ2n) is 6.28. The molecule has 1 amide bonds. The lowest BCUT2D eigenvalue weighted by atomic mass is 9.85. The van der Waals surface area contributed by atoms with Gasteiger partial charge in [-0.3, -0.25) is 9.79 Å². The van der Waals surface area contributed by atoms with Gasteiger partial charge in [0.1, 0.15) is 0 Å². The van der Waals surface area contributed by atoms with Crippen LogP contribution in [0.4, 0.5) is 0 Å². The van der Waals surface area contributed by atoms with Gasteiger partial charge in [-0.15, -0.1) is 0 Å². The Morgan fingerprint density at radius 2 is 1.65 bits per heavy atom.